The van der Waals surface area contributed by atoms with E-state index in [1.54, 1.807) is 6.92 Å². The zero-order valence-corrected chi connectivity index (χ0v) is 11.3. The molecular weight excluding hydrogens is 274 g/mol. The Balaban J connectivity index is 2.84. The van der Waals surface area contributed by atoms with Crippen LogP contribution in [0.4, 0.5) is 14.6 Å². The fourth-order valence-corrected chi connectivity index (χ4v) is 2.10. The van der Waals surface area contributed by atoms with E-state index in [0.717, 1.165) is 12.1 Å². The van der Waals surface area contributed by atoms with Crippen LogP contribution in [0.15, 0.2) is 12.1 Å². The molecule has 0 N–H and O–H groups in total. The Morgan fingerprint density at radius 3 is 2.58 bits per heavy atom. The van der Waals surface area contributed by atoms with E-state index in [9.17, 15) is 13.6 Å². The maximum absolute atomic E-state index is 13.7. The van der Waals surface area contributed by atoms with Crippen molar-refractivity contribution in [2.45, 2.75) is 13.8 Å². The van der Waals surface area contributed by atoms with E-state index in [4.69, 9.17) is 11.6 Å². The summed E-state index contributed by atoms with van der Waals surface area (Å²) in [5.74, 6) is -1.47. The van der Waals surface area contributed by atoms with Crippen molar-refractivity contribution >= 4 is 34.2 Å². The minimum Gasteiger partial charge on any atom is -0.300 e. The van der Waals surface area contributed by atoms with E-state index in [1.165, 1.54) is 18.9 Å². The Morgan fingerprint density at radius 2 is 2.00 bits per heavy atom. The molecule has 0 atom stereocenters. The van der Waals surface area contributed by atoms with Crippen LogP contribution in [0.3, 0.4) is 0 Å². The number of aromatic nitrogens is 1. The zero-order valence-electron chi connectivity index (χ0n) is 10.6. The summed E-state index contributed by atoms with van der Waals surface area (Å²) in [7, 11) is 1.52. The summed E-state index contributed by atoms with van der Waals surface area (Å²) in [5.41, 5.74) is 0.550. The largest absolute Gasteiger partial charge is 0.300 e. The standard InChI is InChI=1S/C13H11ClF2N2O/c1-6-12(14)11-9(16)4-8(15)5-10(11)17-13(6)18(3)7(2)19/h4-5H,1-3H3. The molecule has 0 bridgehead atoms. The minimum absolute atomic E-state index is 0.0567. The fraction of sp³-hybridized carbons (Fsp3) is 0.231. The van der Waals surface area contributed by atoms with Crippen LogP contribution in [-0.2, 0) is 4.79 Å². The first-order chi connectivity index (χ1) is 8.82. The quantitative estimate of drug-likeness (QED) is 0.803. The number of carbonyl (C=O) groups excluding carboxylic acids is 1. The predicted octanol–water partition coefficient (Wildman–Crippen LogP) is 3.46. The van der Waals surface area contributed by atoms with Crippen LogP contribution >= 0.6 is 11.6 Å². The molecule has 100 valence electrons. The molecule has 2 rings (SSSR count). The van der Waals surface area contributed by atoms with Gasteiger partial charge < -0.3 is 0 Å². The van der Waals surface area contributed by atoms with E-state index in [1.807, 2.05) is 0 Å². The first kappa shape index (κ1) is 13.7. The summed E-state index contributed by atoms with van der Waals surface area (Å²) in [6.45, 7) is 3.00. The number of rotatable bonds is 1. The number of nitrogens with zero attached hydrogens (tertiary/aromatic N) is 2. The van der Waals surface area contributed by atoms with Crippen molar-refractivity contribution in [2.24, 2.45) is 0 Å². The van der Waals surface area contributed by atoms with Crippen molar-refractivity contribution in [3.05, 3.63) is 34.4 Å². The fourth-order valence-electron chi connectivity index (χ4n) is 1.82. The molecule has 1 amide bonds. The zero-order chi connectivity index (χ0) is 14.3. The van der Waals surface area contributed by atoms with E-state index in [0.29, 0.717) is 5.56 Å². The van der Waals surface area contributed by atoms with Gasteiger partial charge in [0.15, 0.2) is 0 Å². The van der Waals surface area contributed by atoms with Crippen molar-refractivity contribution in [2.75, 3.05) is 11.9 Å². The van der Waals surface area contributed by atoms with Crippen molar-refractivity contribution in [1.82, 2.24) is 4.98 Å². The van der Waals surface area contributed by atoms with E-state index < -0.39 is 11.6 Å². The average molecular weight is 285 g/mol. The third kappa shape index (κ3) is 2.26. The number of hydrogen-bond acceptors (Lipinski definition) is 2. The molecule has 2 aromatic rings. The summed E-state index contributed by atoms with van der Waals surface area (Å²) < 4.78 is 27.0. The Labute approximate surface area is 113 Å². The van der Waals surface area contributed by atoms with Gasteiger partial charge in [-0.15, -0.1) is 0 Å². The van der Waals surface area contributed by atoms with Gasteiger partial charge in [0, 0.05) is 31.7 Å². The van der Waals surface area contributed by atoms with Crippen LogP contribution in [-0.4, -0.2) is 17.9 Å². The maximum atomic E-state index is 13.7. The van der Waals surface area contributed by atoms with Gasteiger partial charge in [-0.25, -0.2) is 13.8 Å². The number of anilines is 1. The van der Waals surface area contributed by atoms with Crippen LogP contribution in [0, 0.1) is 18.6 Å². The van der Waals surface area contributed by atoms with Gasteiger partial charge >= 0.3 is 0 Å². The molecule has 1 heterocycles. The predicted molar refractivity (Wildman–Crippen MR) is 70.5 cm³/mol. The lowest BCUT2D eigenvalue weighted by Gasteiger charge is -2.18. The first-order valence-electron chi connectivity index (χ1n) is 5.52. The number of halogens is 3. The Morgan fingerprint density at radius 1 is 1.37 bits per heavy atom. The SMILES string of the molecule is CC(=O)N(C)c1nc2cc(F)cc(F)c2c(Cl)c1C. The molecule has 0 aliphatic carbocycles. The smallest absolute Gasteiger partial charge is 0.224 e. The van der Waals surface area contributed by atoms with Gasteiger partial charge in [-0.3, -0.25) is 9.69 Å². The molecule has 0 radical (unpaired) electrons. The summed E-state index contributed by atoms with van der Waals surface area (Å²) in [4.78, 5) is 16.8. The molecule has 0 unspecified atom stereocenters. The number of hydrogen-bond donors (Lipinski definition) is 0. The van der Waals surface area contributed by atoms with Crippen LogP contribution in [0.25, 0.3) is 10.9 Å². The summed E-state index contributed by atoms with van der Waals surface area (Å²) in [6.07, 6.45) is 0. The normalized spacial score (nSPS) is 10.8. The second-order valence-electron chi connectivity index (χ2n) is 4.23. The number of carbonyl (C=O) groups is 1. The van der Waals surface area contributed by atoms with Crippen LogP contribution < -0.4 is 4.90 Å². The van der Waals surface area contributed by atoms with Gasteiger partial charge in [-0.05, 0) is 6.92 Å². The third-order valence-electron chi connectivity index (χ3n) is 2.93. The highest BCUT2D eigenvalue weighted by Crippen LogP contribution is 2.33. The van der Waals surface area contributed by atoms with Crippen molar-refractivity contribution in [3.63, 3.8) is 0 Å². The second kappa shape index (κ2) is 4.74. The number of pyridine rings is 1. The van der Waals surface area contributed by atoms with Gasteiger partial charge in [-0.1, -0.05) is 11.6 Å². The molecule has 3 nitrogen and oxygen atoms in total. The Bertz CT molecular complexity index is 688. The Kier molecular flexibility index (Phi) is 3.41. The summed E-state index contributed by atoms with van der Waals surface area (Å²) >= 11 is 6.10. The molecule has 0 spiro atoms. The molecule has 0 aliphatic heterocycles. The van der Waals surface area contributed by atoms with Crippen molar-refractivity contribution < 1.29 is 13.6 Å². The van der Waals surface area contributed by atoms with Gasteiger partial charge in [-0.2, -0.15) is 0 Å². The van der Waals surface area contributed by atoms with Crippen molar-refractivity contribution in [3.8, 4) is 0 Å². The van der Waals surface area contributed by atoms with Crippen LogP contribution in [0.1, 0.15) is 12.5 Å². The molecule has 19 heavy (non-hydrogen) atoms. The van der Waals surface area contributed by atoms with Gasteiger partial charge in [0.2, 0.25) is 5.91 Å². The molecule has 1 aromatic heterocycles. The van der Waals surface area contributed by atoms with E-state index in [2.05, 4.69) is 4.98 Å². The number of fused-ring (bicyclic) bond motifs is 1. The molecule has 0 fully saturated rings. The van der Waals surface area contributed by atoms with Crippen molar-refractivity contribution in [1.29, 1.82) is 0 Å². The molecule has 6 heteroatoms. The number of amides is 1. The maximum Gasteiger partial charge on any atom is 0.224 e. The van der Waals surface area contributed by atoms with Gasteiger partial charge in [0.25, 0.3) is 0 Å². The third-order valence-corrected chi connectivity index (χ3v) is 3.41. The van der Waals surface area contributed by atoms with Gasteiger partial charge in [0.05, 0.1) is 15.9 Å². The monoisotopic (exact) mass is 284 g/mol. The summed E-state index contributed by atoms with van der Waals surface area (Å²) in [5, 5.41) is 0.187. The molecule has 0 aliphatic rings. The summed E-state index contributed by atoms with van der Waals surface area (Å²) in [6, 6.07) is 1.84. The molecule has 1 aromatic carbocycles. The Hall–Kier alpha value is -1.75. The highest BCUT2D eigenvalue weighted by atomic mass is 35.5. The van der Waals surface area contributed by atoms with E-state index >= 15 is 0 Å². The first-order valence-corrected chi connectivity index (χ1v) is 5.90. The lowest BCUT2D eigenvalue weighted by atomic mass is 10.1. The molecule has 0 saturated carbocycles. The van der Waals surface area contributed by atoms with Gasteiger partial charge in [0.1, 0.15) is 17.5 Å². The lowest BCUT2D eigenvalue weighted by Crippen LogP contribution is -2.25. The molecular formula is C13H11ClF2N2O. The highest BCUT2D eigenvalue weighted by Gasteiger charge is 2.18. The minimum atomic E-state index is -0.771. The van der Waals surface area contributed by atoms with Crippen LogP contribution in [0.2, 0.25) is 5.02 Å². The van der Waals surface area contributed by atoms with Crippen LogP contribution in [0.5, 0.6) is 0 Å². The highest BCUT2D eigenvalue weighted by molar-refractivity contribution is 6.36. The average Bonchev–Trinajstić information content (AvgIpc) is 2.31. The number of benzene rings is 1. The lowest BCUT2D eigenvalue weighted by molar-refractivity contribution is -0.116. The second-order valence-corrected chi connectivity index (χ2v) is 4.61. The van der Waals surface area contributed by atoms with E-state index in [-0.39, 0.29) is 27.7 Å². The topological polar surface area (TPSA) is 33.2 Å². The molecule has 0 saturated heterocycles.